The third kappa shape index (κ3) is 3.07. The average molecular weight is 274 g/mol. The predicted molar refractivity (Wildman–Crippen MR) is 80.0 cm³/mol. The van der Waals surface area contributed by atoms with Crippen molar-refractivity contribution in [1.29, 1.82) is 0 Å². The molecule has 0 saturated carbocycles. The first-order chi connectivity index (χ1) is 9.57. The van der Waals surface area contributed by atoms with Crippen LogP contribution in [0.1, 0.15) is 49.9 Å². The van der Waals surface area contributed by atoms with E-state index in [-0.39, 0.29) is 11.7 Å². The molecule has 20 heavy (non-hydrogen) atoms. The van der Waals surface area contributed by atoms with Gasteiger partial charge in [-0.2, -0.15) is 0 Å². The molecular weight excluding hydrogens is 252 g/mol. The van der Waals surface area contributed by atoms with Gasteiger partial charge in [0, 0.05) is 11.3 Å². The van der Waals surface area contributed by atoms with Crippen LogP contribution < -0.4 is 10.6 Å². The Labute approximate surface area is 119 Å². The van der Waals surface area contributed by atoms with E-state index in [0.29, 0.717) is 5.56 Å². The molecule has 1 atom stereocenters. The Morgan fingerprint density at radius 3 is 2.50 bits per heavy atom. The molecule has 1 aliphatic rings. The molecule has 1 heterocycles. The molecule has 2 N–H and O–H groups in total. The summed E-state index contributed by atoms with van der Waals surface area (Å²) in [4.78, 5) is 23.7. The van der Waals surface area contributed by atoms with Crippen LogP contribution in [0.25, 0.3) is 0 Å². The number of hydrogen-bond acceptors (Lipinski definition) is 3. The SMILES string of the molecule is CCCC1(C(=O)Nc2ccc(C(C)=O)cc2)CCCN1. The fraction of sp³-hybridized carbons (Fsp3) is 0.500. The van der Waals surface area contributed by atoms with Gasteiger partial charge in [0.15, 0.2) is 5.78 Å². The van der Waals surface area contributed by atoms with Crippen molar-refractivity contribution in [2.24, 2.45) is 0 Å². The van der Waals surface area contributed by atoms with Gasteiger partial charge >= 0.3 is 0 Å². The summed E-state index contributed by atoms with van der Waals surface area (Å²) in [5.41, 5.74) is 0.975. The maximum Gasteiger partial charge on any atom is 0.244 e. The lowest BCUT2D eigenvalue weighted by Gasteiger charge is -2.27. The van der Waals surface area contributed by atoms with E-state index in [9.17, 15) is 9.59 Å². The van der Waals surface area contributed by atoms with Crippen LogP contribution in [0.3, 0.4) is 0 Å². The first-order valence-electron chi connectivity index (χ1n) is 7.25. The summed E-state index contributed by atoms with van der Waals surface area (Å²) in [6.45, 7) is 4.53. The van der Waals surface area contributed by atoms with E-state index in [1.165, 1.54) is 6.92 Å². The summed E-state index contributed by atoms with van der Waals surface area (Å²) in [6.07, 6.45) is 3.75. The largest absolute Gasteiger partial charge is 0.324 e. The second kappa shape index (κ2) is 6.18. The molecule has 0 aliphatic carbocycles. The topological polar surface area (TPSA) is 58.2 Å². The summed E-state index contributed by atoms with van der Waals surface area (Å²) < 4.78 is 0. The van der Waals surface area contributed by atoms with Crippen molar-refractivity contribution >= 4 is 17.4 Å². The minimum Gasteiger partial charge on any atom is -0.324 e. The van der Waals surface area contributed by atoms with Crippen molar-refractivity contribution in [1.82, 2.24) is 5.32 Å². The predicted octanol–water partition coefficient (Wildman–Crippen LogP) is 2.75. The molecular formula is C16H22N2O2. The molecule has 1 fully saturated rings. The van der Waals surface area contributed by atoms with E-state index in [1.54, 1.807) is 24.3 Å². The van der Waals surface area contributed by atoms with Crippen LogP contribution >= 0.6 is 0 Å². The highest BCUT2D eigenvalue weighted by molar-refractivity contribution is 5.99. The zero-order valence-corrected chi connectivity index (χ0v) is 12.2. The van der Waals surface area contributed by atoms with Crippen molar-refractivity contribution in [2.75, 3.05) is 11.9 Å². The van der Waals surface area contributed by atoms with Gasteiger partial charge in [0.1, 0.15) is 0 Å². The molecule has 108 valence electrons. The molecule has 1 aromatic carbocycles. The molecule has 4 nitrogen and oxygen atoms in total. The third-order valence-electron chi connectivity index (χ3n) is 3.90. The molecule has 0 radical (unpaired) electrons. The maximum absolute atomic E-state index is 12.5. The van der Waals surface area contributed by atoms with E-state index < -0.39 is 5.54 Å². The Morgan fingerprint density at radius 2 is 2.00 bits per heavy atom. The summed E-state index contributed by atoms with van der Waals surface area (Å²) in [5.74, 6) is 0.0650. The fourth-order valence-electron chi connectivity index (χ4n) is 2.79. The van der Waals surface area contributed by atoms with Crippen LogP contribution in [0.15, 0.2) is 24.3 Å². The fourth-order valence-corrected chi connectivity index (χ4v) is 2.79. The van der Waals surface area contributed by atoms with Gasteiger partial charge in [0.05, 0.1) is 5.54 Å². The first-order valence-corrected chi connectivity index (χ1v) is 7.25. The minimum atomic E-state index is -0.423. The number of amides is 1. The Morgan fingerprint density at radius 1 is 1.30 bits per heavy atom. The summed E-state index contributed by atoms with van der Waals surface area (Å²) >= 11 is 0. The Balaban J connectivity index is 2.08. The highest BCUT2D eigenvalue weighted by atomic mass is 16.2. The summed E-state index contributed by atoms with van der Waals surface area (Å²) in [6, 6.07) is 7.05. The van der Waals surface area contributed by atoms with Crippen molar-refractivity contribution in [3.05, 3.63) is 29.8 Å². The number of anilines is 1. The van der Waals surface area contributed by atoms with Gasteiger partial charge in [-0.25, -0.2) is 0 Å². The zero-order valence-electron chi connectivity index (χ0n) is 12.2. The first kappa shape index (κ1) is 14.7. The molecule has 0 bridgehead atoms. The van der Waals surface area contributed by atoms with E-state index >= 15 is 0 Å². The maximum atomic E-state index is 12.5. The van der Waals surface area contributed by atoms with Gasteiger partial charge in [0.2, 0.25) is 5.91 Å². The molecule has 1 aromatic rings. The second-order valence-electron chi connectivity index (χ2n) is 5.45. The summed E-state index contributed by atoms with van der Waals surface area (Å²) in [7, 11) is 0. The molecule has 2 rings (SSSR count). The Bertz CT molecular complexity index is 488. The third-order valence-corrected chi connectivity index (χ3v) is 3.90. The lowest BCUT2D eigenvalue weighted by atomic mass is 9.90. The highest BCUT2D eigenvalue weighted by Gasteiger charge is 2.39. The second-order valence-corrected chi connectivity index (χ2v) is 5.45. The number of carbonyl (C=O) groups excluding carboxylic acids is 2. The highest BCUT2D eigenvalue weighted by Crippen LogP contribution is 2.26. The van der Waals surface area contributed by atoms with Crippen LogP contribution in [0.4, 0.5) is 5.69 Å². The number of rotatable bonds is 5. The number of nitrogens with one attached hydrogen (secondary N) is 2. The molecule has 1 aliphatic heterocycles. The van der Waals surface area contributed by atoms with Gasteiger partial charge in [0.25, 0.3) is 0 Å². The van der Waals surface area contributed by atoms with E-state index in [2.05, 4.69) is 17.6 Å². The van der Waals surface area contributed by atoms with Crippen molar-refractivity contribution in [3.8, 4) is 0 Å². The Kier molecular flexibility index (Phi) is 4.55. The van der Waals surface area contributed by atoms with Crippen molar-refractivity contribution in [2.45, 2.75) is 45.1 Å². The molecule has 0 spiro atoms. The number of Topliss-reactive ketones (excluding diaryl/α,β-unsaturated/α-hetero) is 1. The smallest absolute Gasteiger partial charge is 0.244 e. The van der Waals surface area contributed by atoms with Crippen LogP contribution in [-0.2, 0) is 4.79 Å². The monoisotopic (exact) mass is 274 g/mol. The normalized spacial score (nSPS) is 21.7. The summed E-state index contributed by atoms with van der Waals surface area (Å²) in [5, 5.41) is 6.32. The van der Waals surface area contributed by atoms with E-state index in [4.69, 9.17) is 0 Å². The van der Waals surface area contributed by atoms with Crippen LogP contribution in [-0.4, -0.2) is 23.8 Å². The van der Waals surface area contributed by atoms with Gasteiger partial charge < -0.3 is 10.6 Å². The lowest BCUT2D eigenvalue weighted by molar-refractivity contribution is -0.122. The molecule has 1 saturated heterocycles. The average Bonchev–Trinajstić information content (AvgIpc) is 2.89. The van der Waals surface area contributed by atoms with Crippen LogP contribution in [0.5, 0.6) is 0 Å². The van der Waals surface area contributed by atoms with Crippen LogP contribution in [0, 0.1) is 0 Å². The van der Waals surface area contributed by atoms with Gasteiger partial charge in [-0.15, -0.1) is 0 Å². The molecule has 1 amide bonds. The molecule has 0 aromatic heterocycles. The minimum absolute atomic E-state index is 0.0304. The van der Waals surface area contributed by atoms with Crippen molar-refractivity contribution in [3.63, 3.8) is 0 Å². The number of ketones is 1. The number of benzene rings is 1. The van der Waals surface area contributed by atoms with Crippen molar-refractivity contribution < 1.29 is 9.59 Å². The van der Waals surface area contributed by atoms with E-state index in [1.807, 2.05) is 0 Å². The standard InChI is InChI=1S/C16H22N2O2/c1-3-9-16(10-4-11-17-16)15(20)18-14-7-5-13(6-8-14)12(2)19/h5-8,17H,3-4,9-11H2,1-2H3,(H,18,20). The number of hydrogen-bond donors (Lipinski definition) is 2. The Hall–Kier alpha value is -1.68. The van der Waals surface area contributed by atoms with E-state index in [0.717, 1.165) is 37.9 Å². The quantitative estimate of drug-likeness (QED) is 0.812. The molecule has 1 unspecified atom stereocenters. The van der Waals surface area contributed by atoms with Gasteiger partial charge in [-0.1, -0.05) is 13.3 Å². The van der Waals surface area contributed by atoms with Crippen LogP contribution in [0.2, 0.25) is 0 Å². The number of carbonyl (C=O) groups is 2. The molecule has 4 heteroatoms. The van der Waals surface area contributed by atoms with Gasteiger partial charge in [-0.3, -0.25) is 9.59 Å². The van der Waals surface area contributed by atoms with Gasteiger partial charge in [-0.05, 0) is 57.0 Å². The lowest BCUT2D eigenvalue weighted by Crippen LogP contribution is -2.50. The zero-order chi connectivity index (χ0) is 14.6.